The molecular formula is C8H9NO2. The van der Waals surface area contributed by atoms with Gasteiger partial charge in [0.15, 0.2) is 0 Å². The van der Waals surface area contributed by atoms with Gasteiger partial charge in [-0.25, -0.2) is 4.79 Å². The zero-order chi connectivity index (χ0) is 11.7. The van der Waals surface area contributed by atoms with Crippen LogP contribution in [-0.4, -0.2) is 11.1 Å². The summed E-state index contributed by atoms with van der Waals surface area (Å²) in [5, 5.41) is 8.81. The van der Waals surface area contributed by atoms with E-state index in [2.05, 4.69) is 0 Å². The van der Waals surface area contributed by atoms with E-state index in [0.717, 1.165) is 0 Å². The Kier molecular flexibility index (Phi) is 1.11. The molecule has 1 aromatic rings. The van der Waals surface area contributed by atoms with Crippen molar-refractivity contribution < 1.29 is 15.4 Å². The third kappa shape index (κ3) is 1.56. The maximum Gasteiger partial charge on any atom is 0.336 e. The fraction of sp³-hybridized carbons (Fsp3) is 0.125. The van der Waals surface area contributed by atoms with Gasteiger partial charge in [0.05, 0.1) is 11.0 Å². The molecule has 0 heterocycles. The molecule has 0 bridgehead atoms. The van der Waals surface area contributed by atoms with Gasteiger partial charge in [0.1, 0.15) is 0 Å². The van der Waals surface area contributed by atoms with E-state index in [4.69, 9.17) is 16.3 Å². The van der Waals surface area contributed by atoms with Crippen molar-refractivity contribution in [3.63, 3.8) is 0 Å². The van der Waals surface area contributed by atoms with Gasteiger partial charge in [0.25, 0.3) is 0 Å². The Morgan fingerprint density at radius 1 is 1.64 bits per heavy atom. The predicted octanol–water partition coefficient (Wildman–Crippen LogP) is 0.844. The van der Waals surface area contributed by atoms with Gasteiger partial charge in [-0.3, -0.25) is 0 Å². The zero-order valence-corrected chi connectivity index (χ0v) is 5.64. The van der Waals surface area contributed by atoms with Crippen LogP contribution in [-0.2, 0) is 6.54 Å². The summed E-state index contributed by atoms with van der Waals surface area (Å²) in [6, 6.07) is -1.99. The van der Waals surface area contributed by atoms with E-state index in [1.807, 2.05) is 0 Å². The maximum atomic E-state index is 10.8. The molecular weight excluding hydrogens is 142 g/mol. The minimum Gasteiger partial charge on any atom is -0.478 e. The summed E-state index contributed by atoms with van der Waals surface area (Å²) in [6.07, 6.45) is 0. The number of carboxylic acid groups (broad SMARTS) is 1. The van der Waals surface area contributed by atoms with Crippen LogP contribution < -0.4 is 5.73 Å². The molecule has 0 spiro atoms. The van der Waals surface area contributed by atoms with Crippen LogP contribution in [0.2, 0.25) is 0 Å². The van der Waals surface area contributed by atoms with Gasteiger partial charge in [-0.05, 0) is 11.6 Å². The molecule has 0 aliphatic heterocycles. The molecule has 0 aliphatic rings. The average Bonchev–Trinajstić information content (AvgIpc) is 2.19. The van der Waals surface area contributed by atoms with Gasteiger partial charge in [-0.2, -0.15) is 0 Å². The van der Waals surface area contributed by atoms with Gasteiger partial charge in [0.2, 0.25) is 0 Å². The lowest BCUT2D eigenvalue weighted by molar-refractivity contribution is 0.0695. The fourth-order valence-electron chi connectivity index (χ4n) is 0.674. The summed E-state index contributed by atoms with van der Waals surface area (Å²) in [7, 11) is 0. The minimum absolute atomic E-state index is 0.0755. The summed E-state index contributed by atoms with van der Waals surface area (Å²) in [5.74, 6) is -1.40. The van der Waals surface area contributed by atoms with Gasteiger partial charge >= 0.3 is 5.97 Å². The topological polar surface area (TPSA) is 63.3 Å². The lowest BCUT2D eigenvalue weighted by Crippen LogP contribution is -2.05. The highest BCUT2D eigenvalue weighted by Gasteiger charge is 2.05. The highest BCUT2D eigenvalue weighted by atomic mass is 16.4. The normalized spacial score (nSPS) is 14.6. The molecule has 3 nitrogen and oxygen atoms in total. The third-order valence-electron chi connectivity index (χ3n) is 1.18. The first-order chi connectivity index (χ1) is 6.91. The van der Waals surface area contributed by atoms with Crippen LogP contribution >= 0.6 is 0 Å². The molecule has 1 rings (SSSR count). The standard InChI is InChI=1S/C8H9NO2/c9-5-6-3-1-2-4-7(6)8(10)11/h1-4H,5,9H2,(H,10,11)/i1D,2D,3D,4D. The number of carboxylic acids is 1. The van der Waals surface area contributed by atoms with Crippen LogP contribution in [0.5, 0.6) is 0 Å². The largest absolute Gasteiger partial charge is 0.478 e. The monoisotopic (exact) mass is 155 g/mol. The number of hydrogen-bond donors (Lipinski definition) is 2. The summed E-state index contributed by atoms with van der Waals surface area (Å²) in [5.41, 5.74) is 4.74. The Labute approximate surface area is 70.1 Å². The second kappa shape index (κ2) is 3.16. The van der Waals surface area contributed by atoms with E-state index in [9.17, 15) is 4.79 Å². The molecule has 0 amide bonds. The molecule has 11 heavy (non-hydrogen) atoms. The van der Waals surface area contributed by atoms with Crippen LogP contribution in [0.3, 0.4) is 0 Å². The van der Waals surface area contributed by atoms with Crippen molar-refractivity contribution in [1.29, 1.82) is 0 Å². The van der Waals surface area contributed by atoms with Crippen LogP contribution in [0, 0.1) is 0 Å². The molecule has 58 valence electrons. The molecule has 0 aromatic heterocycles. The number of hydrogen-bond acceptors (Lipinski definition) is 2. The van der Waals surface area contributed by atoms with Crippen LogP contribution in [0.15, 0.2) is 24.2 Å². The van der Waals surface area contributed by atoms with E-state index >= 15 is 0 Å². The van der Waals surface area contributed by atoms with E-state index in [0.29, 0.717) is 0 Å². The summed E-state index contributed by atoms with van der Waals surface area (Å²) < 4.78 is 29.4. The Morgan fingerprint density at radius 2 is 2.27 bits per heavy atom. The molecule has 0 unspecified atom stereocenters. The number of aromatic carboxylic acids is 1. The molecule has 1 aromatic carbocycles. The Bertz CT molecular complexity index is 433. The molecule has 0 fully saturated rings. The second-order valence-corrected chi connectivity index (χ2v) is 1.86. The summed E-state index contributed by atoms with van der Waals surface area (Å²) >= 11 is 0. The van der Waals surface area contributed by atoms with Crippen molar-refractivity contribution in [3.05, 3.63) is 35.3 Å². The highest BCUT2D eigenvalue weighted by Crippen LogP contribution is 2.06. The zero-order valence-electron chi connectivity index (χ0n) is 9.64. The first-order valence-corrected chi connectivity index (χ1v) is 2.94. The van der Waals surface area contributed by atoms with Crippen molar-refractivity contribution >= 4 is 5.97 Å². The van der Waals surface area contributed by atoms with Crippen LogP contribution in [0.4, 0.5) is 0 Å². The number of carbonyl (C=O) groups is 1. The first kappa shape index (κ1) is 3.88. The van der Waals surface area contributed by atoms with Crippen LogP contribution in [0.1, 0.15) is 21.4 Å². The van der Waals surface area contributed by atoms with Crippen molar-refractivity contribution in [1.82, 2.24) is 0 Å². The lowest BCUT2D eigenvalue weighted by atomic mass is 10.1. The highest BCUT2D eigenvalue weighted by molar-refractivity contribution is 5.89. The van der Waals surface area contributed by atoms with Gasteiger partial charge < -0.3 is 10.8 Å². The number of rotatable bonds is 2. The second-order valence-electron chi connectivity index (χ2n) is 1.86. The first-order valence-electron chi connectivity index (χ1n) is 4.94. The van der Waals surface area contributed by atoms with Gasteiger partial charge in [0, 0.05) is 6.54 Å². The Hall–Kier alpha value is -1.35. The minimum atomic E-state index is -1.40. The smallest absolute Gasteiger partial charge is 0.336 e. The van der Waals surface area contributed by atoms with E-state index in [-0.39, 0.29) is 12.1 Å². The molecule has 0 saturated carbocycles. The third-order valence-corrected chi connectivity index (χ3v) is 1.18. The van der Waals surface area contributed by atoms with Crippen molar-refractivity contribution in [3.8, 4) is 0 Å². The number of benzene rings is 1. The van der Waals surface area contributed by atoms with Crippen molar-refractivity contribution in [2.24, 2.45) is 5.73 Å². The lowest BCUT2D eigenvalue weighted by Gasteiger charge is -2.00. The number of nitrogens with two attached hydrogens (primary N) is 1. The summed E-state index contributed by atoms with van der Waals surface area (Å²) in [4.78, 5) is 10.8. The van der Waals surface area contributed by atoms with E-state index in [1.165, 1.54) is 0 Å². The molecule has 0 atom stereocenters. The SMILES string of the molecule is [2H]c1c([2H])c([2H])c(C(=O)O)c(CN)c1[2H]. The predicted molar refractivity (Wildman–Crippen MR) is 41.3 cm³/mol. The Balaban J connectivity index is 3.70. The van der Waals surface area contributed by atoms with E-state index < -0.39 is 35.7 Å². The van der Waals surface area contributed by atoms with Gasteiger partial charge in [-0.15, -0.1) is 0 Å². The molecule has 0 radical (unpaired) electrons. The fourth-order valence-corrected chi connectivity index (χ4v) is 0.674. The maximum absolute atomic E-state index is 10.8. The molecule has 0 aliphatic carbocycles. The molecule has 3 heteroatoms. The molecule has 0 saturated heterocycles. The molecule has 3 N–H and O–H groups in total. The van der Waals surface area contributed by atoms with Crippen molar-refractivity contribution in [2.75, 3.05) is 0 Å². The van der Waals surface area contributed by atoms with Gasteiger partial charge in [-0.1, -0.05) is 18.1 Å². The van der Waals surface area contributed by atoms with Crippen LogP contribution in [0.25, 0.3) is 0 Å². The van der Waals surface area contributed by atoms with E-state index in [1.54, 1.807) is 0 Å². The van der Waals surface area contributed by atoms with Crippen molar-refractivity contribution in [2.45, 2.75) is 6.54 Å². The average molecular weight is 155 g/mol. The quantitative estimate of drug-likeness (QED) is 0.665. The Morgan fingerprint density at radius 3 is 2.82 bits per heavy atom. The summed E-state index contributed by atoms with van der Waals surface area (Å²) in [6.45, 7) is -0.238.